The molecule has 3 rings (SSSR count). The van der Waals surface area contributed by atoms with Gasteiger partial charge < -0.3 is 9.64 Å². The monoisotopic (exact) mass is 331 g/mol. The Kier molecular flexibility index (Phi) is 4.29. The number of amides is 1. The summed E-state index contributed by atoms with van der Waals surface area (Å²) in [6.45, 7) is 2.13. The summed E-state index contributed by atoms with van der Waals surface area (Å²) in [5.41, 5.74) is 1.10. The number of nitrogens with zero attached hydrogens (tertiary/aromatic N) is 1. The third-order valence-corrected chi connectivity index (χ3v) is 3.90. The molecule has 0 aliphatic carbocycles. The molecule has 0 spiro atoms. The maximum atomic E-state index is 14.4. The number of carbonyl (C=O) groups is 2. The van der Waals surface area contributed by atoms with Crippen molar-refractivity contribution in [3.8, 4) is 0 Å². The Bertz CT molecular complexity index is 820. The summed E-state index contributed by atoms with van der Waals surface area (Å²) in [7, 11) is 0. The largest absolute Gasteiger partial charge is 0.462 e. The van der Waals surface area contributed by atoms with Gasteiger partial charge in [0.05, 0.1) is 17.9 Å². The van der Waals surface area contributed by atoms with E-state index < -0.39 is 23.5 Å². The number of halogens is 2. The molecule has 0 unspecified atom stereocenters. The highest BCUT2D eigenvalue weighted by Gasteiger charge is 2.28. The molecule has 1 amide bonds. The van der Waals surface area contributed by atoms with Gasteiger partial charge in [0.2, 0.25) is 0 Å². The Morgan fingerprint density at radius 1 is 1.21 bits per heavy atom. The second kappa shape index (κ2) is 6.39. The number of fused-ring (bicyclic) bond motifs is 1. The molecule has 0 saturated carbocycles. The van der Waals surface area contributed by atoms with Gasteiger partial charge in [-0.15, -0.1) is 0 Å². The second-order valence-electron chi connectivity index (χ2n) is 5.39. The van der Waals surface area contributed by atoms with E-state index in [1.165, 1.54) is 23.1 Å². The highest BCUT2D eigenvalue weighted by atomic mass is 19.1. The lowest BCUT2D eigenvalue weighted by molar-refractivity contribution is 0.0525. The smallest absolute Gasteiger partial charge is 0.338 e. The van der Waals surface area contributed by atoms with Crippen molar-refractivity contribution in [1.82, 2.24) is 0 Å². The minimum absolute atomic E-state index is 0.0583. The van der Waals surface area contributed by atoms with Crippen molar-refractivity contribution in [3.05, 3.63) is 64.7 Å². The lowest BCUT2D eigenvalue weighted by atomic mass is 9.98. The summed E-state index contributed by atoms with van der Waals surface area (Å²) in [6, 6.07) is 7.85. The van der Waals surface area contributed by atoms with E-state index in [-0.39, 0.29) is 30.0 Å². The van der Waals surface area contributed by atoms with Crippen LogP contribution in [-0.4, -0.2) is 25.0 Å². The SMILES string of the molecule is CCOC(=O)c1ccc(N2CCc3ccc(F)cc3C2=O)c(F)c1. The summed E-state index contributed by atoms with van der Waals surface area (Å²) in [5.74, 6) is -2.30. The maximum absolute atomic E-state index is 14.4. The predicted molar refractivity (Wildman–Crippen MR) is 84.1 cm³/mol. The van der Waals surface area contributed by atoms with Gasteiger partial charge in [-0.2, -0.15) is 0 Å². The van der Waals surface area contributed by atoms with Crippen molar-refractivity contribution in [2.75, 3.05) is 18.1 Å². The lowest BCUT2D eigenvalue weighted by Gasteiger charge is -2.29. The molecule has 1 aliphatic rings. The van der Waals surface area contributed by atoms with Crippen molar-refractivity contribution in [1.29, 1.82) is 0 Å². The van der Waals surface area contributed by atoms with E-state index >= 15 is 0 Å². The third-order valence-electron chi connectivity index (χ3n) is 3.90. The molecule has 0 atom stereocenters. The van der Waals surface area contributed by atoms with Crippen LogP contribution in [0, 0.1) is 11.6 Å². The molecule has 2 aromatic rings. The molecular formula is C18H15F2NO3. The standard InChI is InChI=1S/C18H15F2NO3/c1-2-24-18(23)12-4-6-16(15(20)9-12)21-8-7-11-3-5-13(19)10-14(11)17(21)22/h3-6,9-10H,2,7-8H2,1H3. The number of hydrogen-bond acceptors (Lipinski definition) is 3. The number of hydrogen-bond donors (Lipinski definition) is 0. The number of esters is 1. The van der Waals surface area contributed by atoms with Crippen LogP contribution in [0.3, 0.4) is 0 Å². The highest BCUT2D eigenvalue weighted by Crippen LogP contribution is 2.28. The van der Waals surface area contributed by atoms with Crippen molar-refractivity contribution in [2.24, 2.45) is 0 Å². The van der Waals surface area contributed by atoms with Crippen LogP contribution in [0.4, 0.5) is 14.5 Å². The van der Waals surface area contributed by atoms with E-state index in [0.29, 0.717) is 6.42 Å². The van der Waals surface area contributed by atoms with Gasteiger partial charge in [0.15, 0.2) is 0 Å². The number of carbonyl (C=O) groups excluding carboxylic acids is 2. The summed E-state index contributed by atoms with van der Waals surface area (Å²) in [4.78, 5) is 25.4. The van der Waals surface area contributed by atoms with Crippen LogP contribution in [0.5, 0.6) is 0 Å². The average molecular weight is 331 g/mol. The van der Waals surface area contributed by atoms with Gasteiger partial charge in [-0.1, -0.05) is 6.07 Å². The number of ether oxygens (including phenoxy) is 1. The summed E-state index contributed by atoms with van der Waals surface area (Å²) in [6.07, 6.45) is 0.500. The summed E-state index contributed by atoms with van der Waals surface area (Å²) in [5, 5.41) is 0. The molecule has 0 fully saturated rings. The van der Waals surface area contributed by atoms with Gasteiger partial charge in [0.25, 0.3) is 5.91 Å². The summed E-state index contributed by atoms with van der Waals surface area (Å²) < 4.78 is 32.6. The van der Waals surface area contributed by atoms with Crippen molar-refractivity contribution >= 4 is 17.6 Å². The second-order valence-corrected chi connectivity index (χ2v) is 5.39. The molecule has 124 valence electrons. The first-order valence-electron chi connectivity index (χ1n) is 7.58. The van der Waals surface area contributed by atoms with Crippen molar-refractivity contribution < 1.29 is 23.1 Å². The molecule has 1 aliphatic heterocycles. The van der Waals surface area contributed by atoms with E-state index in [1.807, 2.05) is 0 Å². The molecule has 0 aromatic heterocycles. The van der Waals surface area contributed by atoms with Crippen LogP contribution < -0.4 is 4.90 Å². The molecule has 0 N–H and O–H groups in total. The zero-order valence-electron chi connectivity index (χ0n) is 13.0. The van der Waals surface area contributed by atoms with E-state index in [4.69, 9.17) is 4.74 Å². The summed E-state index contributed by atoms with van der Waals surface area (Å²) >= 11 is 0. The molecule has 1 heterocycles. The molecule has 2 aromatic carbocycles. The maximum Gasteiger partial charge on any atom is 0.338 e. The Balaban J connectivity index is 1.92. The van der Waals surface area contributed by atoms with E-state index in [9.17, 15) is 18.4 Å². The predicted octanol–water partition coefficient (Wildman–Crippen LogP) is 3.34. The Morgan fingerprint density at radius 2 is 2.00 bits per heavy atom. The Hall–Kier alpha value is -2.76. The van der Waals surface area contributed by atoms with Crippen molar-refractivity contribution in [2.45, 2.75) is 13.3 Å². The first-order chi connectivity index (χ1) is 11.5. The van der Waals surface area contributed by atoms with Crippen molar-refractivity contribution in [3.63, 3.8) is 0 Å². The minimum Gasteiger partial charge on any atom is -0.462 e. The topological polar surface area (TPSA) is 46.6 Å². The molecule has 0 radical (unpaired) electrons. The van der Waals surface area contributed by atoms with Gasteiger partial charge >= 0.3 is 5.97 Å². The molecular weight excluding hydrogens is 316 g/mol. The van der Waals surface area contributed by atoms with Gasteiger partial charge in [-0.05, 0) is 49.2 Å². The van der Waals surface area contributed by atoms with Crippen LogP contribution >= 0.6 is 0 Å². The quantitative estimate of drug-likeness (QED) is 0.811. The first-order valence-corrected chi connectivity index (χ1v) is 7.58. The Labute approximate surface area is 137 Å². The van der Waals surface area contributed by atoms with E-state index in [2.05, 4.69) is 0 Å². The number of anilines is 1. The molecule has 24 heavy (non-hydrogen) atoms. The molecule has 0 saturated heterocycles. The van der Waals surface area contributed by atoms with Crippen LogP contribution in [0.2, 0.25) is 0 Å². The van der Waals surface area contributed by atoms with Crippen LogP contribution in [0.1, 0.15) is 33.2 Å². The average Bonchev–Trinajstić information content (AvgIpc) is 2.56. The van der Waals surface area contributed by atoms with Gasteiger partial charge in [0, 0.05) is 12.1 Å². The van der Waals surface area contributed by atoms with Crippen LogP contribution in [0.15, 0.2) is 36.4 Å². The fourth-order valence-corrected chi connectivity index (χ4v) is 2.74. The zero-order chi connectivity index (χ0) is 17.3. The number of rotatable bonds is 3. The van der Waals surface area contributed by atoms with E-state index in [0.717, 1.165) is 17.7 Å². The normalized spacial score (nSPS) is 13.6. The van der Waals surface area contributed by atoms with E-state index in [1.54, 1.807) is 13.0 Å². The van der Waals surface area contributed by atoms with Crippen LogP contribution in [0.25, 0.3) is 0 Å². The fraction of sp³-hybridized carbons (Fsp3) is 0.222. The van der Waals surface area contributed by atoms with Crippen LogP contribution in [-0.2, 0) is 11.2 Å². The van der Waals surface area contributed by atoms with Gasteiger partial charge in [-0.25, -0.2) is 13.6 Å². The lowest BCUT2D eigenvalue weighted by Crippen LogP contribution is -2.38. The number of benzene rings is 2. The van der Waals surface area contributed by atoms with Gasteiger partial charge in [0.1, 0.15) is 11.6 Å². The molecule has 6 heteroatoms. The Morgan fingerprint density at radius 3 is 2.71 bits per heavy atom. The molecule has 0 bridgehead atoms. The third kappa shape index (κ3) is 2.87. The minimum atomic E-state index is -0.700. The first kappa shape index (κ1) is 16.1. The highest BCUT2D eigenvalue weighted by molar-refractivity contribution is 6.08. The fourth-order valence-electron chi connectivity index (χ4n) is 2.74. The van der Waals surface area contributed by atoms with Gasteiger partial charge in [-0.3, -0.25) is 4.79 Å². The zero-order valence-corrected chi connectivity index (χ0v) is 13.0. The molecule has 4 nitrogen and oxygen atoms in total.